The highest BCUT2D eigenvalue weighted by Crippen LogP contribution is 2.32. The van der Waals surface area contributed by atoms with Crippen molar-refractivity contribution in [2.45, 2.75) is 38.1 Å². The topological polar surface area (TPSA) is 85.7 Å². The van der Waals surface area contributed by atoms with Gasteiger partial charge >= 0.3 is 0 Å². The highest BCUT2D eigenvalue weighted by Gasteiger charge is 2.39. The number of nitriles is 1. The van der Waals surface area contributed by atoms with Gasteiger partial charge in [-0.2, -0.15) is 5.26 Å². The Kier molecular flexibility index (Phi) is 8.24. The molecule has 0 radical (unpaired) electrons. The van der Waals surface area contributed by atoms with Crippen LogP contribution >= 0.6 is 0 Å². The van der Waals surface area contributed by atoms with Gasteiger partial charge in [0.25, 0.3) is 0 Å². The molecule has 1 heterocycles. The Morgan fingerprint density at radius 2 is 1.81 bits per heavy atom. The van der Waals surface area contributed by atoms with E-state index < -0.39 is 12.0 Å². The van der Waals surface area contributed by atoms with E-state index in [4.69, 9.17) is 4.74 Å². The third-order valence-corrected chi connectivity index (χ3v) is 6.29. The van der Waals surface area contributed by atoms with Crippen molar-refractivity contribution in [2.75, 3.05) is 44.8 Å². The molecule has 2 fully saturated rings. The fourth-order valence-corrected chi connectivity index (χ4v) is 4.50. The summed E-state index contributed by atoms with van der Waals surface area (Å²) in [5, 5.41) is 12.1. The summed E-state index contributed by atoms with van der Waals surface area (Å²) in [6.45, 7) is 2.90. The molecule has 0 bridgehead atoms. The fraction of sp³-hybridized carbons (Fsp3) is 0.609. The average molecular weight is 431 g/mol. The van der Waals surface area contributed by atoms with Gasteiger partial charge in [0, 0.05) is 63.8 Å². The van der Waals surface area contributed by atoms with Crippen LogP contribution in [0.25, 0.3) is 0 Å². The van der Waals surface area contributed by atoms with Crippen molar-refractivity contribution in [3.63, 3.8) is 0 Å². The number of carbonyl (C=O) groups is 2. The van der Waals surface area contributed by atoms with Crippen LogP contribution < -0.4 is 10.2 Å². The quantitative estimate of drug-likeness (QED) is 0.718. The van der Waals surface area contributed by atoms with Gasteiger partial charge in [-0.05, 0) is 37.1 Å². The Hall–Kier alpha value is -2.66. The van der Waals surface area contributed by atoms with Crippen molar-refractivity contribution in [1.82, 2.24) is 10.2 Å². The van der Waals surface area contributed by atoms with Crippen molar-refractivity contribution < 1.29 is 18.7 Å². The summed E-state index contributed by atoms with van der Waals surface area (Å²) in [7, 11) is 1.56. The molecule has 1 aromatic rings. The van der Waals surface area contributed by atoms with E-state index in [1.165, 1.54) is 12.1 Å². The second-order valence-electron chi connectivity index (χ2n) is 8.26. The van der Waals surface area contributed by atoms with Crippen molar-refractivity contribution in [1.29, 1.82) is 5.26 Å². The van der Waals surface area contributed by atoms with Gasteiger partial charge in [0.1, 0.15) is 11.9 Å². The van der Waals surface area contributed by atoms with Gasteiger partial charge in [0.2, 0.25) is 11.8 Å². The largest absolute Gasteiger partial charge is 0.385 e. The number of ether oxygens (including phenoxy) is 1. The zero-order valence-corrected chi connectivity index (χ0v) is 18.1. The number of anilines is 1. The van der Waals surface area contributed by atoms with Gasteiger partial charge in [0.15, 0.2) is 0 Å². The van der Waals surface area contributed by atoms with Crippen molar-refractivity contribution in [3.05, 3.63) is 30.1 Å². The summed E-state index contributed by atoms with van der Waals surface area (Å²) >= 11 is 0. The fourth-order valence-electron chi connectivity index (χ4n) is 4.50. The molecule has 8 heteroatoms. The molecule has 1 saturated heterocycles. The van der Waals surface area contributed by atoms with Crippen molar-refractivity contribution in [2.24, 2.45) is 11.8 Å². The minimum absolute atomic E-state index is 0.0315. The molecule has 1 aliphatic carbocycles. The van der Waals surface area contributed by atoms with E-state index in [9.17, 15) is 19.2 Å². The first-order valence-electron chi connectivity index (χ1n) is 11.0. The Bertz CT molecular complexity index is 787. The molecule has 1 aromatic carbocycles. The number of benzene rings is 1. The third-order valence-electron chi connectivity index (χ3n) is 6.29. The predicted octanol–water partition coefficient (Wildman–Crippen LogP) is 2.33. The highest BCUT2D eigenvalue weighted by molar-refractivity contribution is 5.88. The number of piperazine rings is 1. The second-order valence-corrected chi connectivity index (χ2v) is 8.26. The number of nitrogens with one attached hydrogen (secondary N) is 1. The maximum Gasteiger partial charge on any atom is 0.226 e. The van der Waals surface area contributed by atoms with Crippen LogP contribution in [0.2, 0.25) is 0 Å². The zero-order chi connectivity index (χ0) is 22.2. The summed E-state index contributed by atoms with van der Waals surface area (Å²) < 4.78 is 18.2. The first-order valence-corrected chi connectivity index (χ1v) is 11.0. The number of halogens is 1. The minimum Gasteiger partial charge on any atom is -0.385 e. The van der Waals surface area contributed by atoms with Gasteiger partial charge in [0.05, 0.1) is 6.07 Å². The third kappa shape index (κ3) is 5.95. The molecule has 0 spiro atoms. The Balaban J connectivity index is 1.58. The van der Waals surface area contributed by atoms with Gasteiger partial charge in [-0.3, -0.25) is 9.59 Å². The Morgan fingerprint density at radius 1 is 1.16 bits per heavy atom. The molecule has 3 rings (SSSR count). The molecule has 7 nitrogen and oxygen atoms in total. The van der Waals surface area contributed by atoms with E-state index in [1.54, 1.807) is 19.2 Å². The summed E-state index contributed by atoms with van der Waals surface area (Å²) in [6.07, 6.45) is 3.64. The normalized spacial score (nSPS) is 22.5. The molecule has 0 aromatic heterocycles. The first-order chi connectivity index (χ1) is 15.0. The molecule has 1 N–H and O–H groups in total. The van der Waals surface area contributed by atoms with E-state index in [2.05, 4.69) is 16.3 Å². The molecular weight excluding hydrogens is 399 g/mol. The van der Waals surface area contributed by atoms with Gasteiger partial charge in [-0.1, -0.05) is 12.8 Å². The monoisotopic (exact) mass is 430 g/mol. The summed E-state index contributed by atoms with van der Waals surface area (Å²) in [5.41, 5.74) is 0.946. The van der Waals surface area contributed by atoms with Crippen LogP contribution in [0.1, 0.15) is 32.1 Å². The number of carbonyl (C=O) groups excluding carboxylic acids is 2. The Morgan fingerprint density at radius 3 is 2.42 bits per heavy atom. The number of methoxy groups -OCH3 is 1. The molecule has 1 aliphatic heterocycles. The van der Waals surface area contributed by atoms with Crippen LogP contribution in [0.4, 0.5) is 10.1 Å². The zero-order valence-electron chi connectivity index (χ0n) is 18.1. The smallest absolute Gasteiger partial charge is 0.226 e. The molecule has 3 atom stereocenters. The van der Waals surface area contributed by atoms with Gasteiger partial charge in [-0.25, -0.2) is 4.39 Å². The molecule has 1 saturated carbocycles. The molecule has 0 unspecified atom stereocenters. The van der Waals surface area contributed by atoms with E-state index in [0.717, 1.165) is 18.5 Å². The molecular formula is C23H31FN4O3. The molecule has 168 valence electrons. The average Bonchev–Trinajstić information content (AvgIpc) is 2.81. The summed E-state index contributed by atoms with van der Waals surface area (Å²) in [6, 6.07) is 7.89. The second kappa shape index (κ2) is 11.1. The number of hydrogen-bond acceptors (Lipinski definition) is 5. The van der Waals surface area contributed by atoms with E-state index in [-0.39, 0.29) is 23.5 Å². The van der Waals surface area contributed by atoms with Crippen LogP contribution in [0, 0.1) is 29.0 Å². The van der Waals surface area contributed by atoms with Gasteiger partial charge in [-0.15, -0.1) is 0 Å². The van der Waals surface area contributed by atoms with E-state index >= 15 is 0 Å². The lowest BCUT2D eigenvalue weighted by molar-refractivity contribution is -0.144. The number of nitrogens with zero attached hydrogens (tertiary/aromatic N) is 3. The van der Waals surface area contributed by atoms with Crippen LogP contribution in [-0.4, -0.2) is 62.7 Å². The maximum absolute atomic E-state index is 13.3. The lowest BCUT2D eigenvalue weighted by atomic mass is 9.77. The van der Waals surface area contributed by atoms with Gasteiger partial charge < -0.3 is 19.9 Å². The lowest BCUT2D eigenvalue weighted by Gasteiger charge is -2.39. The molecule has 2 aliphatic rings. The van der Waals surface area contributed by atoms with E-state index in [1.807, 2.05) is 4.90 Å². The SMILES string of the molecule is COCC[C@@H](C#N)NC(=O)[C@@H]1CCCC[C@H]1C(=O)N1CCN(c2ccc(F)cc2)CC1. The van der Waals surface area contributed by atoms with Crippen molar-refractivity contribution >= 4 is 17.5 Å². The summed E-state index contributed by atoms with van der Waals surface area (Å²) in [5.74, 6) is -1.17. The Labute approximate surface area is 183 Å². The minimum atomic E-state index is -0.607. The number of amides is 2. The van der Waals surface area contributed by atoms with Crippen LogP contribution in [0.15, 0.2) is 24.3 Å². The predicted molar refractivity (Wildman–Crippen MR) is 115 cm³/mol. The van der Waals surface area contributed by atoms with Crippen LogP contribution in [0.5, 0.6) is 0 Å². The number of rotatable bonds is 7. The summed E-state index contributed by atoms with van der Waals surface area (Å²) in [4.78, 5) is 30.1. The standard InChI is InChI=1S/C23H31FN4O3/c1-31-15-10-18(16-25)26-22(29)20-4-2-3-5-21(20)23(30)28-13-11-27(12-14-28)19-8-6-17(24)7-9-19/h6-9,18,20-21H,2-5,10-15H2,1H3,(H,26,29)/t18-,20+,21+/m0/s1. The number of hydrogen-bond donors (Lipinski definition) is 1. The van der Waals surface area contributed by atoms with E-state index in [0.29, 0.717) is 52.0 Å². The van der Waals surface area contributed by atoms with Crippen LogP contribution in [-0.2, 0) is 14.3 Å². The first kappa shape index (κ1) is 23.0. The van der Waals surface area contributed by atoms with Crippen molar-refractivity contribution in [3.8, 4) is 6.07 Å². The molecule has 31 heavy (non-hydrogen) atoms. The maximum atomic E-state index is 13.3. The molecule has 2 amide bonds. The van der Waals surface area contributed by atoms with Crippen LogP contribution in [0.3, 0.4) is 0 Å². The lowest BCUT2D eigenvalue weighted by Crippen LogP contribution is -2.53. The highest BCUT2D eigenvalue weighted by atomic mass is 19.1.